The number of nitrogens with zero attached hydrogens (tertiary/aromatic N) is 1. The molecular weight excluding hydrogens is 456 g/mol. The molecule has 0 spiro atoms. The second-order valence-corrected chi connectivity index (χ2v) is 9.95. The van der Waals surface area contributed by atoms with Gasteiger partial charge in [0.1, 0.15) is 11.8 Å². The van der Waals surface area contributed by atoms with Crippen LogP contribution in [-0.2, 0) is 16.1 Å². The quantitative estimate of drug-likeness (QED) is 0.285. The van der Waals surface area contributed by atoms with E-state index in [1.165, 1.54) is 0 Å². The molecule has 0 saturated carbocycles. The first-order valence-corrected chi connectivity index (χ1v) is 12.8. The maximum atomic E-state index is 13.3. The summed E-state index contributed by atoms with van der Waals surface area (Å²) in [6.07, 6.45) is 1.67. The predicted molar refractivity (Wildman–Crippen MR) is 137 cm³/mol. The smallest absolute Gasteiger partial charge is 0.242 e. The van der Waals surface area contributed by atoms with Gasteiger partial charge in [0.2, 0.25) is 11.8 Å². The summed E-state index contributed by atoms with van der Waals surface area (Å²) in [6, 6.07) is 14.8. The van der Waals surface area contributed by atoms with E-state index < -0.39 is 6.04 Å². The van der Waals surface area contributed by atoms with Crippen LogP contribution in [0, 0.1) is 5.92 Å². The van der Waals surface area contributed by atoms with Crippen LogP contribution in [0.1, 0.15) is 45.6 Å². The summed E-state index contributed by atoms with van der Waals surface area (Å²) in [5, 5.41) is 3.71. The van der Waals surface area contributed by atoms with Gasteiger partial charge in [0, 0.05) is 29.4 Å². The second-order valence-electron chi connectivity index (χ2n) is 8.34. The van der Waals surface area contributed by atoms with Gasteiger partial charge in [-0.25, -0.2) is 0 Å². The highest BCUT2D eigenvalue weighted by molar-refractivity contribution is 7.99. The Hall–Kier alpha value is -2.18. The predicted octanol–water partition coefficient (Wildman–Crippen LogP) is 5.80. The van der Waals surface area contributed by atoms with Crippen molar-refractivity contribution in [3.05, 3.63) is 59.1 Å². The van der Waals surface area contributed by atoms with Gasteiger partial charge >= 0.3 is 0 Å². The van der Waals surface area contributed by atoms with Gasteiger partial charge in [0.25, 0.3) is 0 Å². The first-order valence-electron chi connectivity index (χ1n) is 11.4. The number of nitrogens with one attached hydrogen (secondary N) is 1. The molecule has 0 aromatic heterocycles. The molecule has 0 aliphatic rings. The molecule has 2 amide bonds. The fraction of sp³-hybridized carbons (Fsp3) is 0.462. The normalized spacial score (nSPS) is 11.8. The van der Waals surface area contributed by atoms with E-state index in [0.717, 1.165) is 28.4 Å². The van der Waals surface area contributed by atoms with Crippen molar-refractivity contribution in [2.45, 2.75) is 57.5 Å². The zero-order chi connectivity index (χ0) is 24.2. The number of hydrogen-bond donors (Lipinski definition) is 1. The monoisotopic (exact) mass is 490 g/mol. The first-order chi connectivity index (χ1) is 15.8. The average molecular weight is 491 g/mol. The van der Waals surface area contributed by atoms with Crippen molar-refractivity contribution in [3.8, 4) is 5.75 Å². The van der Waals surface area contributed by atoms with Crippen molar-refractivity contribution in [1.29, 1.82) is 0 Å². The highest BCUT2D eigenvalue weighted by Crippen LogP contribution is 2.23. The molecule has 1 N–H and O–H groups in total. The van der Waals surface area contributed by atoms with Crippen molar-refractivity contribution in [1.82, 2.24) is 10.2 Å². The van der Waals surface area contributed by atoms with Gasteiger partial charge in [-0.2, -0.15) is 0 Å². The zero-order valence-electron chi connectivity index (χ0n) is 20.0. The molecule has 5 nitrogen and oxygen atoms in total. The maximum absolute atomic E-state index is 13.3. The van der Waals surface area contributed by atoms with Gasteiger partial charge in [0.05, 0.1) is 7.11 Å². The maximum Gasteiger partial charge on any atom is 0.242 e. The summed E-state index contributed by atoms with van der Waals surface area (Å²) >= 11 is 7.64. The molecule has 0 fully saturated rings. The van der Waals surface area contributed by atoms with E-state index in [9.17, 15) is 9.59 Å². The molecule has 0 saturated heterocycles. The average Bonchev–Trinajstić information content (AvgIpc) is 2.81. The van der Waals surface area contributed by atoms with Gasteiger partial charge in [-0.1, -0.05) is 44.5 Å². The third-order valence-electron chi connectivity index (χ3n) is 5.17. The third kappa shape index (κ3) is 9.30. The Morgan fingerprint density at radius 3 is 2.52 bits per heavy atom. The Kier molecular flexibility index (Phi) is 11.6. The molecule has 0 aliphatic carbocycles. The summed E-state index contributed by atoms with van der Waals surface area (Å²) in [4.78, 5) is 29.1. The van der Waals surface area contributed by atoms with Crippen molar-refractivity contribution < 1.29 is 14.3 Å². The summed E-state index contributed by atoms with van der Waals surface area (Å²) in [6.45, 7) is 7.02. The number of halogens is 1. The minimum atomic E-state index is -0.508. The Morgan fingerprint density at radius 1 is 1.15 bits per heavy atom. The molecule has 1 unspecified atom stereocenters. The molecule has 0 radical (unpaired) electrons. The van der Waals surface area contributed by atoms with Crippen LogP contribution in [0.3, 0.4) is 0 Å². The number of ether oxygens (including phenoxy) is 1. The molecule has 2 aromatic carbocycles. The minimum Gasteiger partial charge on any atom is -0.497 e. The van der Waals surface area contributed by atoms with Crippen molar-refractivity contribution >= 4 is 35.2 Å². The summed E-state index contributed by atoms with van der Waals surface area (Å²) in [5.41, 5.74) is 0.938. The summed E-state index contributed by atoms with van der Waals surface area (Å²) < 4.78 is 5.33. The highest BCUT2D eigenvalue weighted by Gasteiger charge is 2.28. The number of carbonyl (C=O) groups excluding carboxylic acids is 2. The largest absolute Gasteiger partial charge is 0.497 e. The molecule has 1 atom stereocenters. The molecule has 0 heterocycles. The molecule has 2 rings (SSSR count). The fourth-order valence-corrected chi connectivity index (χ4v) is 4.38. The fourth-order valence-electron chi connectivity index (χ4n) is 3.40. The highest BCUT2D eigenvalue weighted by atomic mass is 35.5. The molecule has 180 valence electrons. The van der Waals surface area contributed by atoms with E-state index in [1.54, 1.807) is 23.8 Å². The van der Waals surface area contributed by atoms with Crippen LogP contribution in [0.2, 0.25) is 5.02 Å². The Balaban J connectivity index is 2.07. The Labute approximate surface area is 207 Å². The van der Waals surface area contributed by atoms with E-state index in [2.05, 4.69) is 19.2 Å². The third-order valence-corrected chi connectivity index (χ3v) is 6.53. The van der Waals surface area contributed by atoms with Crippen LogP contribution in [0.5, 0.6) is 5.75 Å². The number of carbonyl (C=O) groups is 2. The topological polar surface area (TPSA) is 58.6 Å². The lowest BCUT2D eigenvalue weighted by atomic mass is 10.1. The van der Waals surface area contributed by atoms with Crippen LogP contribution < -0.4 is 10.1 Å². The van der Waals surface area contributed by atoms with Gasteiger partial charge in [0.15, 0.2) is 0 Å². The number of thioether (sulfide) groups is 1. The van der Waals surface area contributed by atoms with E-state index in [1.807, 2.05) is 55.5 Å². The lowest BCUT2D eigenvalue weighted by Gasteiger charge is -2.31. The van der Waals surface area contributed by atoms with E-state index in [0.29, 0.717) is 36.9 Å². The molecule has 2 aromatic rings. The van der Waals surface area contributed by atoms with Gasteiger partial charge in [-0.15, -0.1) is 11.8 Å². The Bertz CT molecular complexity index is 889. The SMILES string of the molecule is CCC(C(=O)NCC(C)C)N(Cc1cccc(OC)c1)C(=O)CCCSc1ccc(Cl)cc1. The van der Waals surface area contributed by atoms with Crippen molar-refractivity contribution in [2.24, 2.45) is 5.92 Å². The minimum absolute atomic E-state index is 0.0129. The summed E-state index contributed by atoms with van der Waals surface area (Å²) in [7, 11) is 1.62. The van der Waals surface area contributed by atoms with Crippen LogP contribution in [0.4, 0.5) is 0 Å². The standard InChI is InChI=1S/C26H35ClN2O3S/c1-5-24(26(31)28-17-19(2)3)29(18-20-8-6-9-22(16-20)32-4)25(30)10-7-15-33-23-13-11-21(27)12-14-23/h6,8-9,11-14,16,19,24H,5,7,10,15,17-18H2,1-4H3,(H,28,31). The Morgan fingerprint density at radius 2 is 1.88 bits per heavy atom. The van der Waals surface area contributed by atoms with E-state index in [-0.39, 0.29) is 11.8 Å². The van der Waals surface area contributed by atoms with Gasteiger partial charge < -0.3 is 15.0 Å². The first kappa shape index (κ1) is 27.1. The van der Waals surface area contributed by atoms with Crippen molar-refractivity contribution in [3.63, 3.8) is 0 Å². The van der Waals surface area contributed by atoms with E-state index in [4.69, 9.17) is 16.3 Å². The number of benzene rings is 2. The molecule has 0 aliphatic heterocycles. The van der Waals surface area contributed by atoms with Crippen LogP contribution >= 0.6 is 23.4 Å². The number of methoxy groups -OCH3 is 1. The number of hydrogen-bond acceptors (Lipinski definition) is 4. The van der Waals surface area contributed by atoms with E-state index >= 15 is 0 Å². The van der Waals surface area contributed by atoms with Crippen LogP contribution in [-0.4, -0.2) is 42.2 Å². The van der Waals surface area contributed by atoms with Gasteiger partial charge in [-0.05, 0) is 66.5 Å². The molecule has 0 bridgehead atoms. The number of amides is 2. The van der Waals surface area contributed by atoms with Crippen LogP contribution in [0.25, 0.3) is 0 Å². The van der Waals surface area contributed by atoms with Crippen LogP contribution in [0.15, 0.2) is 53.4 Å². The molecule has 7 heteroatoms. The van der Waals surface area contributed by atoms with Crippen molar-refractivity contribution in [2.75, 3.05) is 19.4 Å². The lowest BCUT2D eigenvalue weighted by Crippen LogP contribution is -2.49. The zero-order valence-corrected chi connectivity index (χ0v) is 21.5. The van der Waals surface area contributed by atoms with Gasteiger partial charge in [-0.3, -0.25) is 9.59 Å². The molecule has 33 heavy (non-hydrogen) atoms. The summed E-state index contributed by atoms with van der Waals surface area (Å²) in [5.74, 6) is 1.78. The second kappa shape index (κ2) is 14.2. The molecular formula is C26H35ClN2O3S. The number of rotatable bonds is 13. The lowest BCUT2D eigenvalue weighted by molar-refractivity contribution is -0.141.